The van der Waals surface area contributed by atoms with Gasteiger partial charge in [0, 0.05) is 0 Å². The molecule has 0 aliphatic rings. The van der Waals surface area contributed by atoms with Gasteiger partial charge in [0.05, 0.1) is 0 Å². The Morgan fingerprint density at radius 3 is 0.333 bits per heavy atom. The van der Waals surface area contributed by atoms with Crippen LogP contribution < -0.4 is 118 Å². The molecule has 0 bridgehead atoms. The van der Waals surface area contributed by atoms with Crippen LogP contribution in [0.3, 0.4) is 0 Å². The zero-order valence-corrected chi connectivity index (χ0v) is 19.2. The Labute approximate surface area is 195 Å². The third kappa shape index (κ3) is 680. The van der Waals surface area contributed by atoms with E-state index in [0.29, 0.717) is 0 Å². The summed E-state index contributed by atoms with van der Waals surface area (Å²) in [6.45, 7) is 23.8. The van der Waals surface area contributed by atoms with E-state index in [0.717, 1.165) is 0 Å². The third-order valence-corrected chi connectivity index (χ3v) is 0. The number of rotatable bonds is 0. The second-order valence-electron chi connectivity index (χ2n) is 0. The Bertz CT molecular complexity index is 86.0. The Morgan fingerprint density at radius 2 is 0.333 bits per heavy atom. The van der Waals surface area contributed by atoms with Crippen LogP contribution in [0.1, 0.15) is 0 Å². The Morgan fingerprint density at radius 1 is 0.333 bits per heavy atom. The zero-order valence-electron chi connectivity index (χ0n) is 9.04. The first-order chi connectivity index (χ1) is 5.00. The molecule has 0 heterocycles. The molecule has 0 spiro atoms. The monoisotopic (exact) mass is 419 g/mol. The van der Waals surface area contributed by atoms with Gasteiger partial charge in [-0.2, -0.15) is 0 Å². The molecule has 15 heavy (non-hydrogen) atoms. The standard InChI is InChI=1S/5CN.Au.4Na/c5*1-2;;;;;/q5*-1;5*+1. The summed E-state index contributed by atoms with van der Waals surface area (Å²) >= 11 is 0. The second-order valence-corrected chi connectivity index (χ2v) is 0. The second kappa shape index (κ2) is 779. The first-order valence-corrected chi connectivity index (χ1v) is 1.12. The van der Waals surface area contributed by atoms with Gasteiger partial charge in [-0.15, -0.1) is 0 Å². The molecule has 0 amide bonds. The summed E-state index contributed by atoms with van der Waals surface area (Å²) in [6, 6.07) is 0. The van der Waals surface area contributed by atoms with Crippen molar-refractivity contribution in [2.24, 2.45) is 0 Å². The van der Waals surface area contributed by atoms with E-state index >= 15 is 0 Å². The van der Waals surface area contributed by atoms with Crippen LogP contribution >= 0.6 is 0 Å². The van der Waals surface area contributed by atoms with E-state index in [1.54, 1.807) is 0 Å². The zero-order chi connectivity index (χ0) is 10.0. The van der Waals surface area contributed by atoms with Crippen LogP contribution in [0.15, 0.2) is 0 Å². The van der Waals surface area contributed by atoms with E-state index in [9.17, 15) is 0 Å². The maximum atomic E-state index is 6.25. The summed E-state index contributed by atoms with van der Waals surface area (Å²) in [5.41, 5.74) is 0. The van der Waals surface area contributed by atoms with Gasteiger partial charge in [-0.25, -0.2) is 0 Å². The molecule has 0 fully saturated rings. The Balaban J connectivity index is -0.00000000240. The van der Waals surface area contributed by atoms with E-state index in [-0.39, 0.29) is 141 Å². The van der Waals surface area contributed by atoms with Gasteiger partial charge < -0.3 is 59.2 Å². The number of nitrogens with zero attached hydrogens (tertiary/aromatic N) is 5. The predicted molar refractivity (Wildman–Crippen MR) is 24.8 cm³/mol. The van der Waals surface area contributed by atoms with Crippen molar-refractivity contribution in [2.45, 2.75) is 0 Å². The smallest absolute Gasteiger partial charge is 0.512 e. The fourth-order valence-electron chi connectivity index (χ4n) is 0. The van der Waals surface area contributed by atoms with Gasteiger partial charge in [-0.1, -0.05) is 0 Å². The minimum Gasteiger partial charge on any atom is -0.512 e. The normalized spacial score (nSPS) is 0.667. The molecular formula is C5AuN5Na4. The van der Waals surface area contributed by atoms with E-state index in [1.165, 1.54) is 0 Å². The van der Waals surface area contributed by atoms with Crippen LogP contribution in [0.5, 0.6) is 0 Å². The molecule has 0 saturated heterocycles. The molecule has 10 heteroatoms. The fraction of sp³-hybridized carbons (Fsp3) is 0. The summed E-state index contributed by atoms with van der Waals surface area (Å²) in [4.78, 5) is 0. The first-order valence-electron chi connectivity index (χ1n) is 1.12. The predicted octanol–water partition coefficient (Wildman–Crippen LogP) is -11.5. The number of hydrogen-bond donors (Lipinski definition) is 0. The third-order valence-electron chi connectivity index (χ3n) is 0. The van der Waals surface area contributed by atoms with Crippen LogP contribution in [0.2, 0.25) is 0 Å². The van der Waals surface area contributed by atoms with Crippen LogP contribution in [0.4, 0.5) is 0 Å². The molecule has 0 aromatic heterocycles. The summed E-state index contributed by atoms with van der Waals surface area (Å²) in [5, 5.41) is 31.2. The molecule has 0 aliphatic carbocycles. The van der Waals surface area contributed by atoms with Gasteiger partial charge in [-0.05, 0) is 0 Å². The van der Waals surface area contributed by atoms with Crippen molar-refractivity contribution in [3.8, 4) is 0 Å². The maximum Gasteiger partial charge on any atom is 1.00 e. The molecule has 0 aromatic rings. The van der Waals surface area contributed by atoms with E-state index in [4.69, 9.17) is 59.2 Å². The van der Waals surface area contributed by atoms with Crippen molar-refractivity contribution in [1.29, 1.82) is 26.3 Å². The van der Waals surface area contributed by atoms with Crippen molar-refractivity contribution in [2.75, 3.05) is 0 Å². The van der Waals surface area contributed by atoms with Gasteiger partial charge in [0.2, 0.25) is 0 Å². The molecule has 60 valence electrons. The molecule has 0 N–H and O–H groups in total. The average Bonchev–Trinajstić information content (AvgIpc) is 2.20. The molecule has 0 aliphatic heterocycles. The van der Waals surface area contributed by atoms with E-state index < -0.39 is 0 Å². The summed E-state index contributed by atoms with van der Waals surface area (Å²) in [5.74, 6) is 0. The fourth-order valence-corrected chi connectivity index (χ4v) is 0. The van der Waals surface area contributed by atoms with Gasteiger partial charge in [-0.3, -0.25) is 0 Å². The largest absolute Gasteiger partial charge is 1.00 e. The quantitative estimate of drug-likeness (QED) is 0.286. The van der Waals surface area contributed by atoms with E-state index in [1.807, 2.05) is 0 Å². The summed E-state index contributed by atoms with van der Waals surface area (Å²) in [6.07, 6.45) is 0. The molecule has 0 radical (unpaired) electrons. The molecule has 0 unspecified atom stereocenters. The van der Waals surface area contributed by atoms with Gasteiger partial charge in [0.25, 0.3) is 0 Å². The van der Waals surface area contributed by atoms with Gasteiger partial charge in [0.15, 0.2) is 0 Å². The first kappa shape index (κ1) is 87.2. The topological polar surface area (TPSA) is 119 Å². The minimum absolute atomic E-state index is 0. The summed E-state index contributed by atoms with van der Waals surface area (Å²) in [7, 11) is 0. The van der Waals surface area contributed by atoms with Crippen molar-refractivity contribution in [1.82, 2.24) is 0 Å². The van der Waals surface area contributed by atoms with Crippen LogP contribution in [-0.4, -0.2) is 0 Å². The molecule has 0 aromatic carbocycles. The van der Waals surface area contributed by atoms with Crippen molar-refractivity contribution in [3.63, 3.8) is 0 Å². The molecule has 5 nitrogen and oxygen atoms in total. The van der Waals surface area contributed by atoms with Gasteiger partial charge >= 0.3 is 141 Å². The van der Waals surface area contributed by atoms with Crippen LogP contribution in [-0.2, 0) is 22.4 Å². The molecule has 0 atom stereocenters. The minimum atomic E-state index is 0. The van der Waals surface area contributed by atoms with E-state index in [2.05, 4.69) is 0 Å². The summed E-state index contributed by atoms with van der Waals surface area (Å²) < 4.78 is 0. The SMILES string of the molecule is [Au+].[C-]#N.[C-]#N.[C-]#N.[C-]#N.[C-]#N.[Na+].[Na+].[Na+].[Na+]. The van der Waals surface area contributed by atoms with Gasteiger partial charge in [0.1, 0.15) is 0 Å². The average molecular weight is 419 g/mol. The van der Waals surface area contributed by atoms with Crippen LogP contribution in [0.25, 0.3) is 0 Å². The Kier molecular flexibility index (Phi) is 4520. The molecule has 0 rings (SSSR count). The van der Waals surface area contributed by atoms with Crippen LogP contribution in [0, 0.1) is 59.2 Å². The number of hydrogen-bond acceptors (Lipinski definition) is 5. The van der Waals surface area contributed by atoms with Crippen molar-refractivity contribution < 1.29 is 141 Å². The molecular weight excluding hydrogens is 419 g/mol. The maximum absolute atomic E-state index is 6.25. The van der Waals surface area contributed by atoms with Crippen molar-refractivity contribution >= 4 is 0 Å². The van der Waals surface area contributed by atoms with Crippen molar-refractivity contribution in [3.05, 3.63) is 32.9 Å². The Hall–Kier alpha value is 2.19. The molecule has 0 saturated carbocycles.